The average Bonchev–Trinajstić information content (AvgIpc) is 2.66. The Balaban J connectivity index is 1.71. The predicted octanol–water partition coefficient (Wildman–Crippen LogP) is 3.34. The van der Waals surface area contributed by atoms with Gasteiger partial charge in [-0.15, -0.1) is 11.8 Å². The maximum absolute atomic E-state index is 3.57. The molecule has 88 valence electrons. The third kappa shape index (κ3) is 3.26. The summed E-state index contributed by atoms with van der Waals surface area (Å²) in [5.41, 5.74) is 1.53. The van der Waals surface area contributed by atoms with Crippen LogP contribution in [0.4, 0.5) is 0 Å². The Morgan fingerprint density at radius 2 is 2.19 bits per heavy atom. The highest BCUT2D eigenvalue weighted by molar-refractivity contribution is 8.00. The predicted molar refractivity (Wildman–Crippen MR) is 72.1 cm³/mol. The number of hydrogen-bond acceptors (Lipinski definition) is 2. The van der Waals surface area contributed by atoms with Crippen LogP contribution in [-0.4, -0.2) is 18.3 Å². The summed E-state index contributed by atoms with van der Waals surface area (Å²) in [6, 6.07) is 8.79. The summed E-state index contributed by atoms with van der Waals surface area (Å²) in [5, 5.41) is 4.31. The molecule has 1 aromatic rings. The summed E-state index contributed by atoms with van der Waals surface area (Å²) in [5.74, 6) is 0.806. The number of hydrogen-bond donors (Lipinski definition) is 1. The zero-order chi connectivity index (χ0) is 11.4. The Morgan fingerprint density at radius 3 is 2.94 bits per heavy atom. The van der Waals surface area contributed by atoms with E-state index in [4.69, 9.17) is 0 Å². The quantitative estimate of drug-likeness (QED) is 0.786. The van der Waals surface area contributed by atoms with Crippen molar-refractivity contribution in [1.29, 1.82) is 0 Å². The number of benzene rings is 1. The molecule has 0 fully saturated rings. The minimum absolute atomic E-state index is 0.740. The van der Waals surface area contributed by atoms with Gasteiger partial charge in [0.05, 0.1) is 0 Å². The molecule has 0 aliphatic carbocycles. The van der Waals surface area contributed by atoms with E-state index in [0.29, 0.717) is 0 Å². The van der Waals surface area contributed by atoms with E-state index in [9.17, 15) is 0 Å². The van der Waals surface area contributed by atoms with Gasteiger partial charge in [0.2, 0.25) is 0 Å². The molecule has 0 saturated heterocycles. The maximum Gasteiger partial charge on any atom is 0.0260 e. The zero-order valence-corrected chi connectivity index (χ0v) is 11.0. The first-order valence-electron chi connectivity index (χ1n) is 6.21. The van der Waals surface area contributed by atoms with Gasteiger partial charge in [0.1, 0.15) is 0 Å². The summed E-state index contributed by atoms with van der Waals surface area (Å²) >= 11 is 2.03. The Labute approximate surface area is 103 Å². The van der Waals surface area contributed by atoms with Crippen LogP contribution in [0.5, 0.6) is 0 Å². The standard InChI is InChI=1S/C14H21NS/c1-11(2)7-8-15-10-13-9-12-5-3-4-6-14(12)16-13/h3-6,11,13,15H,7-10H2,1-2H3. The highest BCUT2D eigenvalue weighted by Crippen LogP contribution is 2.36. The molecule has 1 unspecified atom stereocenters. The van der Waals surface area contributed by atoms with Crippen LogP contribution in [0.3, 0.4) is 0 Å². The van der Waals surface area contributed by atoms with E-state index in [1.54, 1.807) is 0 Å². The molecular formula is C14H21NS. The van der Waals surface area contributed by atoms with E-state index >= 15 is 0 Å². The van der Waals surface area contributed by atoms with Crippen molar-refractivity contribution in [3.05, 3.63) is 29.8 Å². The van der Waals surface area contributed by atoms with E-state index in [2.05, 4.69) is 43.4 Å². The number of nitrogens with one attached hydrogen (secondary N) is 1. The maximum atomic E-state index is 3.57. The van der Waals surface area contributed by atoms with Crippen molar-refractivity contribution in [2.75, 3.05) is 13.1 Å². The molecular weight excluding hydrogens is 214 g/mol. The summed E-state index contributed by atoms with van der Waals surface area (Å²) in [6.07, 6.45) is 2.51. The van der Waals surface area contributed by atoms with Gasteiger partial charge in [0.15, 0.2) is 0 Å². The van der Waals surface area contributed by atoms with Crippen molar-refractivity contribution >= 4 is 11.8 Å². The fraction of sp³-hybridized carbons (Fsp3) is 0.571. The fourth-order valence-corrected chi connectivity index (χ4v) is 3.30. The first-order chi connectivity index (χ1) is 7.75. The second-order valence-electron chi connectivity index (χ2n) is 4.94. The summed E-state index contributed by atoms with van der Waals surface area (Å²) in [7, 11) is 0. The molecule has 0 bridgehead atoms. The molecule has 1 aliphatic heterocycles. The van der Waals surface area contributed by atoms with E-state index in [1.165, 1.54) is 23.3 Å². The SMILES string of the molecule is CC(C)CCNCC1Cc2ccccc2S1. The summed E-state index contributed by atoms with van der Waals surface area (Å²) < 4.78 is 0. The van der Waals surface area contributed by atoms with E-state index in [-0.39, 0.29) is 0 Å². The lowest BCUT2D eigenvalue weighted by atomic mass is 10.1. The number of fused-ring (bicyclic) bond motifs is 1. The van der Waals surface area contributed by atoms with Gasteiger partial charge in [0, 0.05) is 16.7 Å². The Morgan fingerprint density at radius 1 is 1.38 bits per heavy atom. The second kappa shape index (κ2) is 5.74. The normalized spacial score (nSPS) is 19.1. The van der Waals surface area contributed by atoms with Crippen molar-refractivity contribution < 1.29 is 0 Å². The van der Waals surface area contributed by atoms with Crippen LogP contribution >= 0.6 is 11.8 Å². The number of rotatable bonds is 5. The minimum atomic E-state index is 0.740. The fourth-order valence-electron chi connectivity index (χ4n) is 2.02. The van der Waals surface area contributed by atoms with Crippen molar-refractivity contribution in [3.63, 3.8) is 0 Å². The Kier molecular flexibility index (Phi) is 4.30. The Bertz CT molecular complexity index is 310. The summed E-state index contributed by atoms with van der Waals surface area (Å²) in [6.45, 7) is 6.86. The van der Waals surface area contributed by atoms with Crippen LogP contribution in [0.2, 0.25) is 0 Å². The van der Waals surface area contributed by atoms with Gasteiger partial charge in [0.25, 0.3) is 0 Å². The van der Waals surface area contributed by atoms with Crippen molar-refractivity contribution in [3.8, 4) is 0 Å². The zero-order valence-electron chi connectivity index (χ0n) is 10.2. The Hall–Kier alpha value is -0.470. The van der Waals surface area contributed by atoms with Crippen LogP contribution < -0.4 is 5.32 Å². The van der Waals surface area contributed by atoms with Crippen molar-refractivity contribution in [2.45, 2.75) is 36.8 Å². The van der Waals surface area contributed by atoms with Crippen LogP contribution in [0.15, 0.2) is 29.2 Å². The summed E-state index contributed by atoms with van der Waals surface area (Å²) in [4.78, 5) is 1.48. The minimum Gasteiger partial charge on any atom is -0.316 e. The lowest BCUT2D eigenvalue weighted by molar-refractivity contribution is 0.535. The lowest BCUT2D eigenvalue weighted by Crippen LogP contribution is -2.26. The molecule has 1 heterocycles. The molecule has 1 aromatic carbocycles. The van der Waals surface area contributed by atoms with Crippen molar-refractivity contribution in [1.82, 2.24) is 5.32 Å². The smallest absolute Gasteiger partial charge is 0.0260 e. The second-order valence-corrected chi connectivity index (χ2v) is 6.28. The molecule has 0 aromatic heterocycles. The van der Waals surface area contributed by atoms with Crippen molar-refractivity contribution in [2.24, 2.45) is 5.92 Å². The first kappa shape index (κ1) is 12.0. The highest BCUT2D eigenvalue weighted by Gasteiger charge is 2.20. The third-order valence-corrected chi connectivity index (χ3v) is 4.30. The molecule has 0 spiro atoms. The molecule has 0 radical (unpaired) electrons. The molecule has 2 heteroatoms. The average molecular weight is 235 g/mol. The van der Waals surface area contributed by atoms with Gasteiger partial charge >= 0.3 is 0 Å². The van der Waals surface area contributed by atoms with Gasteiger partial charge in [-0.05, 0) is 36.9 Å². The molecule has 1 aliphatic rings. The third-order valence-electron chi connectivity index (χ3n) is 2.98. The van der Waals surface area contributed by atoms with Gasteiger partial charge in [-0.1, -0.05) is 32.0 Å². The molecule has 0 amide bonds. The molecule has 16 heavy (non-hydrogen) atoms. The first-order valence-corrected chi connectivity index (χ1v) is 7.09. The van der Waals surface area contributed by atoms with Gasteiger partial charge < -0.3 is 5.32 Å². The highest BCUT2D eigenvalue weighted by atomic mass is 32.2. The molecule has 2 rings (SSSR count). The molecule has 1 nitrogen and oxygen atoms in total. The van der Waals surface area contributed by atoms with Crippen LogP contribution in [0.1, 0.15) is 25.8 Å². The van der Waals surface area contributed by atoms with Crippen LogP contribution in [-0.2, 0) is 6.42 Å². The van der Waals surface area contributed by atoms with Crippen LogP contribution in [0, 0.1) is 5.92 Å². The largest absolute Gasteiger partial charge is 0.316 e. The van der Waals surface area contributed by atoms with Crippen LogP contribution in [0.25, 0.3) is 0 Å². The molecule has 1 atom stereocenters. The monoisotopic (exact) mass is 235 g/mol. The molecule has 1 N–H and O–H groups in total. The number of thioether (sulfide) groups is 1. The molecule has 0 saturated carbocycles. The van der Waals surface area contributed by atoms with Gasteiger partial charge in [-0.3, -0.25) is 0 Å². The van der Waals surface area contributed by atoms with E-state index in [0.717, 1.165) is 24.3 Å². The van der Waals surface area contributed by atoms with E-state index < -0.39 is 0 Å². The van der Waals surface area contributed by atoms with Gasteiger partial charge in [-0.25, -0.2) is 0 Å². The topological polar surface area (TPSA) is 12.0 Å². The van der Waals surface area contributed by atoms with Gasteiger partial charge in [-0.2, -0.15) is 0 Å². The lowest BCUT2D eigenvalue weighted by Gasteiger charge is -2.11. The van der Waals surface area contributed by atoms with E-state index in [1.807, 2.05) is 11.8 Å².